The molecule has 35 heavy (non-hydrogen) atoms. The van der Waals surface area contributed by atoms with Crippen LogP contribution in [0.3, 0.4) is 0 Å². The molecule has 2 rings (SSSR count). The molecule has 0 saturated heterocycles. The van der Waals surface area contributed by atoms with Gasteiger partial charge in [0.1, 0.15) is 12.4 Å². The van der Waals surface area contributed by atoms with E-state index in [9.17, 15) is 4.39 Å². The number of aliphatic imine (C=N–C) groups is 1. The van der Waals surface area contributed by atoms with E-state index in [0.29, 0.717) is 33.9 Å². The largest absolute Gasteiger partial charge is 0.467 e. The third-order valence-electron chi connectivity index (χ3n) is 3.51. The first kappa shape index (κ1) is 34.4. The van der Waals surface area contributed by atoms with Crippen molar-refractivity contribution in [3.05, 3.63) is 58.7 Å². The Morgan fingerprint density at radius 3 is 2.31 bits per heavy atom. The van der Waals surface area contributed by atoms with E-state index in [-0.39, 0.29) is 30.6 Å². The lowest BCUT2D eigenvalue weighted by molar-refractivity contribution is 0.261. The van der Waals surface area contributed by atoms with Crippen LogP contribution in [0, 0.1) is 5.82 Å². The molecule has 0 atom stereocenters. The first-order valence-electron chi connectivity index (χ1n) is 11.7. The summed E-state index contributed by atoms with van der Waals surface area (Å²) in [5.74, 6) is 0.0811. The summed E-state index contributed by atoms with van der Waals surface area (Å²) in [5.41, 5.74) is 2.03. The van der Waals surface area contributed by atoms with Gasteiger partial charge in [0.2, 0.25) is 5.69 Å². The number of halogens is 2. The number of nitrogens with zero attached hydrogens (tertiary/aromatic N) is 4. The average molecular weight is 559 g/mol. The van der Waals surface area contributed by atoms with E-state index in [0.717, 1.165) is 0 Å². The summed E-state index contributed by atoms with van der Waals surface area (Å²) in [4.78, 5) is 5.95. The first-order chi connectivity index (χ1) is 16.8. The second-order valence-electron chi connectivity index (χ2n) is 6.38. The topological polar surface area (TPSA) is 96.0 Å². The van der Waals surface area contributed by atoms with Gasteiger partial charge in [0, 0.05) is 30.7 Å². The fourth-order valence-electron chi connectivity index (χ4n) is 2.31. The maximum atomic E-state index is 13.6. The van der Waals surface area contributed by atoms with E-state index in [4.69, 9.17) is 14.5 Å². The lowest BCUT2D eigenvalue weighted by Crippen LogP contribution is -2.30. The number of rotatable bonds is 9. The Morgan fingerprint density at radius 1 is 1.23 bits per heavy atom. The molecule has 0 fully saturated rings. The Bertz CT molecular complexity index is 903. The number of benzene rings is 1. The quantitative estimate of drug-likeness (QED) is 0.274. The van der Waals surface area contributed by atoms with Crippen molar-refractivity contribution in [3.63, 3.8) is 0 Å². The van der Waals surface area contributed by atoms with Crippen molar-refractivity contribution < 1.29 is 18.9 Å². The van der Waals surface area contributed by atoms with Crippen molar-refractivity contribution in [2.24, 2.45) is 4.99 Å². The molecule has 1 heterocycles. The van der Waals surface area contributed by atoms with Crippen LogP contribution < -0.4 is 15.0 Å². The van der Waals surface area contributed by atoms with E-state index < -0.39 is 0 Å². The number of aliphatic hydroxyl groups excluding tert-OH is 1. The third kappa shape index (κ3) is 12.0. The van der Waals surface area contributed by atoms with Crippen LogP contribution in [0.1, 0.15) is 60.6 Å². The molecule has 0 spiro atoms. The third-order valence-corrected chi connectivity index (χ3v) is 4.11. The molecule has 8 nitrogen and oxygen atoms in total. The number of hydrogen-bond donors (Lipinski definition) is 2. The van der Waals surface area contributed by atoms with Crippen molar-refractivity contribution >= 4 is 27.5 Å². The number of allylic oxidation sites excluding steroid dienone is 1. The number of amidine groups is 1. The second kappa shape index (κ2) is 20.6. The zero-order valence-electron chi connectivity index (χ0n) is 22.3. The minimum absolute atomic E-state index is 0.0246. The summed E-state index contributed by atoms with van der Waals surface area (Å²) in [6.07, 6.45) is 1.25. The second-order valence-corrected chi connectivity index (χ2v) is 7.24. The molecule has 10 heteroatoms. The van der Waals surface area contributed by atoms with Crippen LogP contribution in [0.4, 0.5) is 10.1 Å². The summed E-state index contributed by atoms with van der Waals surface area (Å²) in [7, 11) is 1.57. The molecule has 0 aliphatic rings. The SMILES string of the molecule is C=C(COc1nonc1C(=NC)N(C(=C)C)c1ccc(F)c(Br)c1)NCCO.CC.CC.CCC. The summed E-state index contributed by atoms with van der Waals surface area (Å²) >= 11 is 3.18. The van der Waals surface area contributed by atoms with E-state index in [1.54, 1.807) is 31.0 Å². The highest BCUT2D eigenvalue weighted by atomic mass is 79.9. The number of hydrogen-bond acceptors (Lipinski definition) is 7. The predicted molar refractivity (Wildman–Crippen MR) is 147 cm³/mol. The van der Waals surface area contributed by atoms with Crippen molar-refractivity contribution in [1.82, 2.24) is 15.6 Å². The Hall–Kier alpha value is -2.72. The van der Waals surface area contributed by atoms with Gasteiger partial charge < -0.3 is 15.2 Å². The molecule has 0 radical (unpaired) electrons. The molecule has 0 amide bonds. The highest BCUT2D eigenvalue weighted by Crippen LogP contribution is 2.28. The van der Waals surface area contributed by atoms with Gasteiger partial charge >= 0.3 is 0 Å². The Balaban J connectivity index is 0. The molecule has 1 aromatic heterocycles. The van der Waals surface area contributed by atoms with Crippen LogP contribution in [0.15, 0.2) is 56.8 Å². The number of anilines is 1. The van der Waals surface area contributed by atoms with Gasteiger partial charge in [0.05, 0.1) is 11.1 Å². The van der Waals surface area contributed by atoms with E-state index in [1.807, 2.05) is 27.7 Å². The molecule has 2 aromatic rings. The standard InChI is InChI=1S/C18H21BrFN5O3.C3H8.2C2H6/c1-11(2)25(13-5-6-15(20)14(19)9-13)17(21-4)16-18(24-28-23-16)27-10-12(3)22-7-8-26;1-3-2;2*1-2/h5-6,9,22,26H,1,3,7-8,10H2,2,4H3;3H2,1-2H3;2*1-2H3. The molecule has 0 bridgehead atoms. The van der Waals surface area contributed by atoms with Gasteiger partial charge in [-0.2, -0.15) is 0 Å². The van der Waals surface area contributed by atoms with E-state index >= 15 is 0 Å². The van der Waals surface area contributed by atoms with Crippen molar-refractivity contribution in [2.45, 2.75) is 54.9 Å². The minimum atomic E-state index is -0.388. The Kier molecular flexibility index (Phi) is 20.3. The fourth-order valence-corrected chi connectivity index (χ4v) is 2.68. The smallest absolute Gasteiger partial charge is 0.287 e. The molecular weight excluding hydrogens is 517 g/mol. The van der Waals surface area contributed by atoms with E-state index in [1.165, 1.54) is 12.5 Å². The van der Waals surface area contributed by atoms with Gasteiger partial charge in [-0.1, -0.05) is 61.1 Å². The molecule has 198 valence electrons. The highest BCUT2D eigenvalue weighted by molar-refractivity contribution is 9.10. The maximum absolute atomic E-state index is 13.6. The molecular formula is C25H41BrFN5O3. The van der Waals surface area contributed by atoms with Crippen molar-refractivity contribution in [2.75, 3.05) is 31.7 Å². The first-order valence-corrected chi connectivity index (χ1v) is 12.5. The van der Waals surface area contributed by atoms with Gasteiger partial charge in [-0.3, -0.25) is 9.89 Å². The number of ether oxygens (including phenoxy) is 1. The summed E-state index contributed by atoms with van der Waals surface area (Å²) in [5, 5.41) is 19.4. The zero-order valence-corrected chi connectivity index (χ0v) is 23.9. The van der Waals surface area contributed by atoms with Gasteiger partial charge in [-0.15, -0.1) is 0 Å². The highest BCUT2D eigenvalue weighted by Gasteiger charge is 2.25. The van der Waals surface area contributed by atoms with Crippen LogP contribution in [-0.2, 0) is 0 Å². The molecule has 0 saturated carbocycles. The Labute approximate surface area is 218 Å². The fraction of sp³-hybridized carbons (Fsp3) is 0.480. The molecule has 1 aromatic carbocycles. The Morgan fingerprint density at radius 2 is 1.83 bits per heavy atom. The zero-order chi connectivity index (χ0) is 27.4. The minimum Gasteiger partial charge on any atom is -0.467 e. The van der Waals surface area contributed by atoms with Gasteiger partial charge in [-0.05, 0) is 51.4 Å². The van der Waals surface area contributed by atoms with Gasteiger partial charge in [0.15, 0.2) is 5.84 Å². The van der Waals surface area contributed by atoms with Crippen molar-refractivity contribution in [3.8, 4) is 5.88 Å². The molecule has 2 N–H and O–H groups in total. The number of aliphatic hydroxyl groups is 1. The van der Waals surface area contributed by atoms with Crippen LogP contribution in [-0.4, -0.2) is 48.1 Å². The number of nitrogens with one attached hydrogen (secondary N) is 1. The monoisotopic (exact) mass is 557 g/mol. The summed E-state index contributed by atoms with van der Waals surface area (Å²) in [6, 6.07) is 4.52. The van der Waals surface area contributed by atoms with Crippen LogP contribution in [0.5, 0.6) is 5.88 Å². The van der Waals surface area contributed by atoms with Crippen LogP contribution in [0.25, 0.3) is 0 Å². The molecule has 0 unspecified atom stereocenters. The lowest BCUT2D eigenvalue weighted by atomic mass is 10.2. The van der Waals surface area contributed by atoms with Crippen LogP contribution in [0.2, 0.25) is 0 Å². The lowest BCUT2D eigenvalue weighted by Gasteiger charge is -2.25. The normalized spacial score (nSPS) is 9.86. The molecule has 0 aliphatic carbocycles. The number of aromatic nitrogens is 2. The molecule has 0 aliphatic heterocycles. The predicted octanol–water partition coefficient (Wildman–Crippen LogP) is 6.33. The van der Waals surface area contributed by atoms with Crippen LogP contribution >= 0.6 is 15.9 Å². The average Bonchev–Trinajstić information content (AvgIpc) is 3.32. The van der Waals surface area contributed by atoms with Gasteiger partial charge in [0.25, 0.3) is 5.88 Å². The summed E-state index contributed by atoms with van der Waals surface area (Å²) < 4.78 is 24.4. The van der Waals surface area contributed by atoms with E-state index in [2.05, 4.69) is 63.6 Å². The van der Waals surface area contributed by atoms with Gasteiger partial charge in [-0.25, -0.2) is 9.02 Å². The summed E-state index contributed by atoms with van der Waals surface area (Å²) in [6.45, 7) is 22.2. The van der Waals surface area contributed by atoms with Crippen molar-refractivity contribution in [1.29, 1.82) is 0 Å². The maximum Gasteiger partial charge on any atom is 0.287 e.